The van der Waals surface area contributed by atoms with Crippen molar-refractivity contribution < 1.29 is 4.74 Å². The molecule has 2 heterocycles. The summed E-state index contributed by atoms with van der Waals surface area (Å²) in [5, 5.41) is 4.30. The summed E-state index contributed by atoms with van der Waals surface area (Å²) in [6, 6.07) is 0. The highest BCUT2D eigenvalue weighted by Crippen LogP contribution is 2.43. The molecule has 0 amide bonds. The van der Waals surface area contributed by atoms with Gasteiger partial charge in [-0.15, -0.1) is 5.10 Å². The SMILES string of the molecule is Ic1ncn(CC2CCC3(CCCC3)O2)n1. The maximum Gasteiger partial charge on any atom is 0.211 e. The maximum atomic E-state index is 6.23. The van der Waals surface area contributed by atoms with Crippen LogP contribution in [0.15, 0.2) is 6.33 Å². The van der Waals surface area contributed by atoms with Crippen molar-refractivity contribution >= 4 is 22.6 Å². The van der Waals surface area contributed by atoms with Crippen molar-refractivity contribution in [1.82, 2.24) is 14.8 Å². The van der Waals surface area contributed by atoms with Crippen LogP contribution in [0, 0.1) is 3.83 Å². The third kappa shape index (κ3) is 2.11. The van der Waals surface area contributed by atoms with Crippen molar-refractivity contribution in [1.29, 1.82) is 0 Å². The molecule has 2 fully saturated rings. The van der Waals surface area contributed by atoms with Gasteiger partial charge in [-0.2, -0.15) is 0 Å². The molecule has 0 aromatic carbocycles. The minimum atomic E-state index is 0.235. The molecule has 1 atom stereocenters. The standard InChI is InChI=1S/C11H16IN3O/c12-10-13-8-15(14-10)7-9-3-6-11(16-9)4-1-2-5-11/h8-9H,1-7H2. The Morgan fingerprint density at radius 1 is 1.44 bits per heavy atom. The second-order valence-corrected chi connectivity index (χ2v) is 5.87. The van der Waals surface area contributed by atoms with E-state index in [1.807, 2.05) is 4.68 Å². The van der Waals surface area contributed by atoms with Crippen LogP contribution in [0.25, 0.3) is 0 Å². The van der Waals surface area contributed by atoms with Gasteiger partial charge in [-0.05, 0) is 25.7 Å². The first-order chi connectivity index (χ1) is 7.76. The van der Waals surface area contributed by atoms with Gasteiger partial charge in [-0.3, -0.25) is 0 Å². The fraction of sp³-hybridized carbons (Fsp3) is 0.818. The van der Waals surface area contributed by atoms with E-state index >= 15 is 0 Å². The molecule has 16 heavy (non-hydrogen) atoms. The molecule has 0 N–H and O–H groups in total. The summed E-state index contributed by atoms with van der Waals surface area (Å²) in [7, 11) is 0. The Labute approximate surface area is 109 Å². The Morgan fingerprint density at radius 3 is 2.94 bits per heavy atom. The smallest absolute Gasteiger partial charge is 0.211 e. The average Bonchev–Trinajstić information content (AvgIpc) is 2.94. The van der Waals surface area contributed by atoms with E-state index in [1.54, 1.807) is 6.33 Å². The Hall–Kier alpha value is -0.170. The highest BCUT2D eigenvalue weighted by atomic mass is 127. The molecule has 1 unspecified atom stereocenters. The summed E-state index contributed by atoms with van der Waals surface area (Å²) in [5.74, 6) is 0. The Morgan fingerprint density at radius 2 is 2.25 bits per heavy atom. The van der Waals surface area contributed by atoms with Crippen molar-refractivity contribution in [2.45, 2.75) is 56.8 Å². The molecule has 1 aliphatic heterocycles. The second kappa shape index (κ2) is 4.25. The zero-order valence-electron chi connectivity index (χ0n) is 9.23. The van der Waals surface area contributed by atoms with Crippen LogP contribution in [0.1, 0.15) is 38.5 Å². The molecule has 1 saturated carbocycles. The van der Waals surface area contributed by atoms with Crippen LogP contribution in [0.3, 0.4) is 0 Å². The van der Waals surface area contributed by atoms with E-state index in [4.69, 9.17) is 4.74 Å². The minimum Gasteiger partial charge on any atom is -0.370 e. The van der Waals surface area contributed by atoms with Crippen molar-refractivity contribution in [2.75, 3.05) is 0 Å². The molecule has 88 valence electrons. The van der Waals surface area contributed by atoms with Crippen LogP contribution in [0.5, 0.6) is 0 Å². The van der Waals surface area contributed by atoms with Crippen LogP contribution in [-0.4, -0.2) is 26.5 Å². The van der Waals surface area contributed by atoms with E-state index in [1.165, 1.54) is 38.5 Å². The molecule has 1 saturated heterocycles. The number of ether oxygens (including phenoxy) is 1. The van der Waals surface area contributed by atoms with Gasteiger partial charge in [0.05, 0.1) is 18.2 Å². The van der Waals surface area contributed by atoms with Crippen LogP contribution >= 0.6 is 22.6 Å². The third-order valence-corrected chi connectivity index (χ3v) is 4.25. The molecule has 1 aromatic rings. The van der Waals surface area contributed by atoms with Gasteiger partial charge in [0, 0.05) is 22.6 Å². The molecule has 0 bridgehead atoms. The number of hydrogen-bond donors (Lipinski definition) is 0. The summed E-state index contributed by atoms with van der Waals surface area (Å²) in [6.07, 6.45) is 9.76. The largest absolute Gasteiger partial charge is 0.370 e. The van der Waals surface area contributed by atoms with Crippen LogP contribution in [-0.2, 0) is 11.3 Å². The number of halogens is 1. The Kier molecular flexibility index (Phi) is 2.91. The van der Waals surface area contributed by atoms with E-state index in [2.05, 4.69) is 32.7 Å². The van der Waals surface area contributed by atoms with Crippen molar-refractivity contribution in [3.63, 3.8) is 0 Å². The topological polar surface area (TPSA) is 39.9 Å². The zero-order valence-corrected chi connectivity index (χ0v) is 11.4. The Balaban J connectivity index is 1.61. The van der Waals surface area contributed by atoms with Gasteiger partial charge < -0.3 is 4.74 Å². The van der Waals surface area contributed by atoms with Gasteiger partial charge in [0.2, 0.25) is 3.83 Å². The number of rotatable bonds is 2. The van der Waals surface area contributed by atoms with E-state index in [9.17, 15) is 0 Å². The summed E-state index contributed by atoms with van der Waals surface area (Å²) < 4.78 is 8.95. The molecule has 5 heteroatoms. The van der Waals surface area contributed by atoms with E-state index in [0.717, 1.165) is 10.4 Å². The molecule has 4 nitrogen and oxygen atoms in total. The molecule has 1 spiro atoms. The molecular weight excluding hydrogens is 317 g/mol. The van der Waals surface area contributed by atoms with Crippen molar-refractivity contribution in [2.24, 2.45) is 0 Å². The van der Waals surface area contributed by atoms with Gasteiger partial charge in [0.1, 0.15) is 6.33 Å². The van der Waals surface area contributed by atoms with E-state index in [0.29, 0.717) is 6.10 Å². The fourth-order valence-electron chi connectivity index (χ4n) is 2.98. The first-order valence-corrected chi connectivity index (χ1v) is 7.06. The molecule has 2 aliphatic rings. The number of nitrogens with zero attached hydrogens (tertiary/aromatic N) is 3. The summed E-state index contributed by atoms with van der Waals surface area (Å²) >= 11 is 2.13. The first kappa shape index (κ1) is 11.0. The normalized spacial score (nSPS) is 27.9. The van der Waals surface area contributed by atoms with Gasteiger partial charge in [0.25, 0.3) is 0 Å². The first-order valence-electron chi connectivity index (χ1n) is 5.99. The van der Waals surface area contributed by atoms with Gasteiger partial charge in [-0.1, -0.05) is 12.8 Å². The third-order valence-electron chi connectivity index (χ3n) is 3.75. The minimum absolute atomic E-state index is 0.235. The molecule has 3 rings (SSSR count). The van der Waals surface area contributed by atoms with Crippen LogP contribution in [0.4, 0.5) is 0 Å². The fourth-order valence-corrected chi connectivity index (χ4v) is 3.38. The number of hydrogen-bond acceptors (Lipinski definition) is 3. The summed E-state index contributed by atoms with van der Waals surface area (Å²) in [4.78, 5) is 4.13. The van der Waals surface area contributed by atoms with E-state index < -0.39 is 0 Å². The lowest BCUT2D eigenvalue weighted by molar-refractivity contribution is -0.0429. The highest BCUT2D eigenvalue weighted by Gasteiger charge is 2.42. The highest BCUT2D eigenvalue weighted by molar-refractivity contribution is 14.1. The zero-order chi connectivity index (χ0) is 11.0. The van der Waals surface area contributed by atoms with E-state index in [-0.39, 0.29) is 5.60 Å². The predicted octanol–water partition coefficient (Wildman–Crippen LogP) is 2.37. The van der Waals surface area contributed by atoms with Crippen molar-refractivity contribution in [3.05, 3.63) is 10.2 Å². The molecule has 1 aliphatic carbocycles. The predicted molar refractivity (Wildman–Crippen MR) is 68.0 cm³/mol. The lowest BCUT2D eigenvalue weighted by atomic mass is 9.98. The lowest BCUT2D eigenvalue weighted by Crippen LogP contribution is -2.26. The molecular formula is C11H16IN3O. The van der Waals surface area contributed by atoms with Gasteiger partial charge in [0.15, 0.2) is 0 Å². The average molecular weight is 333 g/mol. The van der Waals surface area contributed by atoms with Gasteiger partial charge >= 0.3 is 0 Å². The van der Waals surface area contributed by atoms with Crippen molar-refractivity contribution in [3.8, 4) is 0 Å². The summed E-state index contributed by atoms with van der Waals surface area (Å²) in [6.45, 7) is 0.859. The molecule has 1 aromatic heterocycles. The quantitative estimate of drug-likeness (QED) is 0.780. The monoisotopic (exact) mass is 333 g/mol. The van der Waals surface area contributed by atoms with Crippen LogP contribution in [0.2, 0.25) is 0 Å². The lowest BCUT2D eigenvalue weighted by Gasteiger charge is -2.23. The van der Waals surface area contributed by atoms with Gasteiger partial charge in [-0.25, -0.2) is 9.67 Å². The maximum absolute atomic E-state index is 6.23. The second-order valence-electron chi connectivity index (χ2n) is 4.90. The molecule has 0 radical (unpaired) electrons. The Bertz CT molecular complexity index is 373. The summed E-state index contributed by atoms with van der Waals surface area (Å²) in [5.41, 5.74) is 0.235. The van der Waals surface area contributed by atoms with Crippen LogP contribution < -0.4 is 0 Å². The number of aromatic nitrogens is 3.